The van der Waals surface area contributed by atoms with E-state index in [2.05, 4.69) is 36.9 Å². The van der Waals surface area contributed by atoms with E-state index in [0.717, 1.165) is 19.5 Å². The maximum absolute atomic E-state index is 9.48. The Morgan fingerprint density at radius 1 is 1.36 bits per heavy atom. The Bertz CT molecular complexity index is 335. The fourth-order valence-electron chi connectivity index (χ4n) is 2.04. The van der Waals surface area contributed by atoms with Gasteiger partial charge in [0.05, 0.1) is 6.10 Å². The van der Waals surface area contributed by atoms with Crippen LogP contribution in [0.5, 0.6) is 0 Å². The van der Waals surface area contributed by atoms with Gasteiger partial charge in [-0.2, -0.15) is 0 Å². The largest absolute Gasteiger partial charge is 0.391 e. The summed E-state index contributed by atoms with van der Waals surface area (Å²) < 4.78 is 0. The summed E-state index contributed by atoms with van der Waals surface area (Å²) in [4.78, 5) is 2.27. The Hall–Kier alpha value is -1.02. The predicted molar refractivity (Wildman–Crippen MR) is 58.8 cm³/mol. The molecule has 0 radical (unpaired) electrons. The molecule has 1 aromatic rings. The molecule has 76 valence electrons. The van der Waals surface area contributed by atoms with E-state index in [1.165, 1.54) is 16.8 Å². The van der Waals surface area contributed by atoms with E-state index in [4.69, 9.17) is 0 Å². The zero-order valence-electron chi connectivity index (χ0n) is 8.83. The van der Waals surface area contributed by atoms with Crippen LogP contribution < -0.4 is 4.90 Å². The van der Waals surface area contributed by atoms with Crippen molar-refractivity contribution in [3.05, 3.63) is 29.3 Å². The summed E-state index contributed by atoms with van der Waals surface area (Å²) in [7, 11) is 0. The number of β-amino-alcohol motifs (C(OH)–C–C–N with tert-alkyl or cyclic N) is 1. The summed E-state index contributed by atoms with van der Waals surface area (Å²) in [5.41, 5.74) is 3.94. The summed E-state index contributed by atoms with van der Waals surface area (Å²) in [6, 6.07) is 6.36. The molecule has 0 spiro atoms. The van der Waals surface area contributed by atoms with Gasteiger partial charge in [0.1, 0.15) is 0 Å². The van der Waals surface area contributed by atoms with Gasteiger partial charge in [-0.15, -0.1) is 0 Å². The minimum atomic E-state index is -0.144. The van der Waals surface area contributed by atoms with Crippen molar-refractivity contribution < 1.29 is 5.11 Å². The Morgan fingerprint density at radius 3 is 2.79 bits per heavy atom. The van der Waals surface area contributed by atoms with Crippen molar-refractivity contribution >= 4 is 5.69 Å². The van der Waals surface area contributed by atoms with Crippen molar-refractivity contribution in [2.75, 3.05) is 18.0 Å². The van der Waals surface area contributed by atoms with Crippen LogP contribution in [0.1, 0.15) is 17.5 Å². The van der Waals surface area contributed by atoms with Crippen LogP contribution >= 0.6 is 0 Å². The molecule has 1 unspecified atom stereocenters. The van der Waals surface area contributed by atoms with Crippen LogP contribution in [-0.4, -0.2) is 24.3 Å². The highest BCUT2D eigenvalue weighted by atomic mass is 16.3. The topological polar surface area (TPSA) is 23.5 Å². The van der Waals surface area contributed by atoms with Gasteiger partial charge in [-0.3, -0.25) is 0 Å². The van der Waals surface area contributed by atoms with Crippen LogP contribution in [0.15, 0.2) is 18.2 Å². The lowest BCUT2D eigenvalue weighted by Crippen LogP contribution is -2.22. The Balaban J connectivity index is 2.28. The number of rotatable bonds is 1. The van der Waals surface area contributed by atoms with Gasteiger partial charge in [-0.25, -0.2) is 0 Å². The van der Waals surface area contributed by atoms with Crippen molar-refractivity contribution in [1.29, 1.82) is 0 Å². The second-order valence-corrected chi connectivity index (χ2v) is 4.11. The van der Waals surface area contributed by atoms with Crippen molar-refractivity contribution in [3.8, 4) is 0 Å². The molecule has 1 aliphatic rings. The summed E-state index contributed by atoms with van der Waals surface area (Å²) in [6.07, 6.45) is 0.753. The number of aryl methyl sites for hydroxylation is 1. The van der Waals surface area contributed by atoms with E-state index >= 15 is 0 Å². The monoisotopic (exact) mass is 191 g/mol. The van der Waals surface area contributed by atoms with Gasteiger partial charge < -0.3 is 10.0 Å². The summed E-state index contributed by atoms with van der Waals surface area (Å²) in [5.74, 6) is 0. The molecular weight excluding hydrogens is 174 g/mol. The highest BCUT2D eigenvalue weighted by Crippen LogP contribution is 2.25. The van der Waals surface area contributed by atoms with Gasteiger partial charge in [-0.1, -0.05) is 12.1 Å². The molecule has 0 saturated carbocycles. The number of nitrogens with zero attached hydrogens (tertiary/aromatic N) is 1. The molecule has 0 aliphatic carbocycles. The number of hydrogen-bond donors (Lipinski definition) is 1. The van der Waals surface area contributed by atoms with E-state index < -0.39 is 0 Å². The molecule has 2 rings (SSSR count). The fourth-order valence-corrected chi connectivity index (χ4v) is 2.04. The average Bonchev–Trinajstić information content (AvgIpc) is 2.57. The van der Waals surface area contributed by atoms with E-state index in [-0.39, 0.29) is 6.10 Å². The maximum atomic E-state index is 9.48. The van der Waals surface area contributed by atoms with Gasteiger partial charge in [0, 0.05) is 18.8 Å². The van der Waals surface area contributed by atoms with E-state index in [1.807, 2.05) is 0 Å². The van der Waals surface area contributed by atoms with Crippen LogP contribution in [0.4, 0.5) is 5.69 Å². The summed E-state index contributed by atoms with van der Waals surface area (Å²) in [6.45, 7) is 6.04. The van der Waals surface area contributed by atoms with Crippen LogP contribution in [0.3, 0.4) is 0 Å². The maximum Gasteiger partial charge on any atom is 0.0731 e. The van der Waals surface area contributed by atoms with Gasteiger partial charge >= 0.3 is 0 Å². The smallest absolute Gasteiger partial charge is 0.0731 e. The first-order chi connectivity index (χ1) is 6.68. The normalized spacial score (nSPS) is 21.6. The van der Waals surface area contributed by atoms with Crippen LogP contribution in [0.25, 0.3) is 0 Å². The highest BCUT2D eigenvalue weighted by molar-refractivity contribution is 5.56. The molecule has 0 amide bonds. The van der Waals surface area contributed by atoms with E-state index in [9.17, 15) is 5.11 Å². The zero-order chi connectivity index (χ0) is 10.1. The van der Waals surface area contributed by atoms with Gasteiger partial charge in [0.15, 0.2) is 0 Å². The second kappa shape index (κ2) is 3.62. The predicted octanol–water partition coefficient (Wildman–Crippen LogP) is 1.87. The Labute approximate surface area is 85.2 Å². The molecule has 1 fully saturated rings. The summed E-state index contributed by atoms with van der Waals surface area (Å²) >= 11 is 0. The molecule has 1 saturated heterocycles. The highest BCUT2D eigenvalue weighted by Gasteiger charge is 2.21. The first kappa shape index (κ1) is 9.53. The third kappa shape index (κ3) is 1.62. The van der Waals surface area contributed by atoms with Crippen LogP contribution in [0.2, 0.25) is 0 Å². The molecule has 0 aromatic heterocycles. The third-order valence-electron chi connectivity index (χ3n) is 3.08. The molecule has 2 nitrogen and oxygen atoms in total. The SMILES string of the molecule is Cc1cccc(N2CCC(O)C2)c1C. The first-order valence-electron chi connectivity index (χ1n) is 5.17. The molecular formula is C12H17NO. The van der Waals surface area contributed by atoms with Crippen molar-refractivity contribution in [3.63, 3.8) is 0 Å². The van der Waals surface area contributed by atoms with Crippen LogP contribution in [0, 0.1) is 13.8 Å². The molecule has 1 aliphatic heterocycles. The standard InChI is InChI=1S/C12H17NO/c1-9-4-3-5-12(10(9)2)13-7-6-11(14)8-13/h3-5,11,14H,6-8H2,1-2H3. The zero-order valence-corrected chi connectivity index (χ0v) is 8.83. The van der Waals surface area contributed by atoms with E-state index in [1.54, 1.807) is 0 Å². The minimum absolute atomic E-state index is 0.144. The molecule has 0 bridgehead atoms. The average molecular weight is 191 g/mol. The van der Waals surface area contributed by atoms with Crippen molar-refractivity contribution in [2.45, 2.75) is 26.4 Å². The van der Waals surface area contributed by atoms with Crippen molar-refractivity contribution in [2.24, 2.45) is 0 Å². The number of aliphatic hydroxyl groups is 1. The first-order valence-corrected chi connectivity index (χ1v) is 5.17. The summed E-state index contributed by atoms with van der Waals surface area (Å²) in [5, 5.41) is 9.48. The Morgan fingerprint density at radius 2 is 2.14 bits per heavy atom. The van der Waals surface area contributed by atoms with Gasteiger partial charge in [-0.05, 0) is 37.5 Å². The third-order valence-corrected chi connectivity index (χ3v) is 3.08. The van der Waals surface area contributed by atoms with Gasteiger partial charge in [0.2, 0.25) is 0 Å². The quantitative estimate of drug-likeness (QED) is 0.732. The second-order valence-electron chi connectivity index (χ2n) is 4.11. The molecule has 14 heavy (non-hydrogen) atoms. The molecule has 1 N–H and O–H groups in total. The lowest BCUT2D eigenvalue weighted by Gasteiger charge is -2.21. The number of hydrogen-bond acceptors (Lipinski definition) is 2. The fraction of sp³-hybridized carbons (Fsp3) is 0.500. The van der Waals surface area contributed by atoms with E-state index in [0.29, 0.717) is 0 Å². The lowest BCUT2D eigenvalue weighted by molar-refractivity contribution is 0.198. The van der Waals surface area contributed by atoms with Crippen molar-refractivity contribution in [1.82, 2.24) is 0 Å². The lowest BCUT2D eigenvalue weighted by atomic mass is 10.1. The Kier molecular flexibility index (Phi) is 2.46. The number of anilines is 1. The molecule has 1 aromatic carbocycles. The van der Waals surface area contributed by atoms with Crippen LogP contribution in [-0.2, 0) is 0 Å². The van der Waals surface area contributed by atoms with Gasteiger partial charge in [0.25, 0.3) is 0 Å². The molecule has 1 heterocycles. The molecule has 1 atom stereocenters. The number of benzene rings is 1. The number of aliphatic hydroxyl groups excluding tert-OH is 1. The minimum Gasteiger partial charge on any atom is -0.391 e. The molecule has 2 heteroatoms.